The predicted molar refractivity (Wildman–Crippen MR) is 279 cm³/mol. The summed E-state index contributed by atoms with van der Waals surface area (Å²) in [6.07, 6.45) is 0.586. The molecule has 4 unspecified atom stereocenters. The van der Waals surface area contributed by atoms with Crippen LogP contribution >= 0.6 is 0 Å². The Bertz CT molecular complexity index is 3480. The summed E-state index contributed by atoms with van der Waals surface area (Å²) in [5.74, 6) is 6.06. The Labute approximate surface area is 415 Å². The Balaban J connectivity index is 0.763. The van der Waals surface area contributed by atoms with Crippen LogP contribution in [0, 0.1) is 0 Å². The molecule has 4 aliphatic rings. The van der Waals surface area contributed by atoms with Crippen LogP contribution in [-0.2, 0) is 18.9 Å². The van der Waals surface area contributed by atoms with Gasteiger partial charge in [0.15, 0.2) is 0 Å². The van der Waals surface area contributed by atoms with Crippen LogP contribution in [0.3, 0.4) is 0 Å². The minimum atomic E-state index is 0.111. The zero-order chi connectivity index (χ0) is 47.5. The fourth-order valence-corrected chi connectivity index (χ4v) is 9.46. The zero-order valence-corrected chi connectivity index (χ0v) is 39.2. The van der Waals surface area contributed by atoms with E-state index in [1.54, 1.807) is 0 Å². The van der Waals surface area contributed by atoms with E-state index in [1.807, 2.05) is 36.4 Å². The van der Waals surface area contributed by atoms with Gasteiger partial charge in [-0.05, 0) is 162 Å². The van der Waals surface area contributed by atoms with E-state index >= 15 is 0 Å². The molecule has 4 atom stereocenters. The van der Waals surface area contributed by atoms with E-state index in [0.717, 1.165) is 112 Å². The lowest BCUT2D eigenvalue weighted by atomic mass is 9.95. The minimum absolute atomic E-state index is 0.111. The van der Waals surface area contributed by atoms with E-state index in [1.165, 1.54) is 0 Å². The summed E-state index contributed by atoms with van der Waals surface area (Å²) >= 11 is 0. The Kier molecular flexibility index (Phi) is 10.8. The van der Waals surface area contributed by atoms with Crippen molar-refractivity contribution in [3.63, 3.8) is 0 Å². The van der Waals surface area contributed by atoms with Crippen molar-refractivity contribution < 1.29 is 47.4 Å². The Morgan fingerprint density at radius 1 is 0.292 bits per heavy atom. The molecule has 0 saturated carbocycles. The summed E-state index contributed by atoms with van der Waals surface area (Å²) in [5.41, 5.74) is 4.05. The number of epoxide rings is 4. The molecule has 14 rings (SSSR count). The van der Waals surface area contributed by atoms with E-state index < -0.39 is 0 Å². The van der Waals surface area contributed by atoms with Gasteiger partial charge in [0.25, 0.3) is 0 Å². The summed E-state index contributed by atoms with van der Waals surface area (Å²) in [6.45, 7) is 5.01. The highest BCUT2D eigenvalue weighted by Crippen LogP contribution is 2.44. The molecule has 0 spiro atoms. The van der Waals surface area contributed by atoms with Crippen molar-refractivity contribution in [3.05, 3.63) is 170 Å². The van der Waals surface area contributed by atoms with Crippen LogP contribution in [0.25, 0.3) is 76.1 Å². The summed E-state index contributed by atoms with van der Waals surface area (Å²) in [6, 6.07) is 58.5. The van der Waals surface area contributed by atoms with Crippen molar-refractivity contribution in [3.8, 4) is 68.2 Å². The van der Waals surface area contributed by atoms with Gasteiger partial charge in [0.05, 0.1) is 26.4 Å². The van der Waals surface area contributed by atoms with Crippen LogP contribution in [-0.4, -0.2) is 77.3 Å². The van der Waals surface area contributed by atoms with Gasteiger partial charge in [-0.25, -0.2) is 0 Å². The molecule has 10 heteroatoms. The van der Waals surface area contributed by atoms with E-state index in [2.05, 4.69) is 133 Å². The molecule has 4 aliphatic heterocycles. The van der Waals surface area contributed by atoms with Crippen LogP contribution < -0.4 is 28.4 Å². The average molecular weight is 953 g/mol. The molecule has 4 saturated heterocycles. The smallest absolute Gasteiger partial charge is 0.128 e. The van der Waals surface area contributed by atoms with E-state index in [9.17, 15) is 0 Å². The summed E-state index contributed by atoms with van der Waals surface area (Å²) in [4.78, 5) is 0. The number of hydrogen-bond donors (Lipinski definition) is 0. The third-order valence-electron chi connectivity index (χ3n) is 13.7. The first-order chi connectivity index (χ1) is 35.5. The molecule has 10 aromatic carbocycles. The highest BCUT2D eigenvalue weighted by molar-refractivity contribution is 6.04. The normalized spacial score (nSPS) is 18.6. The second kappa shape index (κ2) is 18.1. The minimum Gasteiger partial charge on any atom is -0.491 e. The molecular formula is C62H48O10. The number of rotatable bonds is 18. The molecule has 0 N–H and O–H groups in total. The van der Waals surface area contributed by atoms with E-state index in [-0.39, 0.29) is 24.4 Å². The van der Waals surface area contributed by atoms with Gasteiger partial charge in [-0.3, -0.25) is 0 Å². The average Bonchev–Trinajstić information content (AvgIpc) is 4.17. The highest BCUT2D eigenvalue weighted by atomic mass is 16.6. The Morgan fingerprint density at radius 3 is 1.00 bits per heavy atom. The topological polar surface area (TPSA) is 106 Å². The van der Waals surface area contributed by atoms with Crippen LogP contribution in [0.2, 0.25) is 0 Å². The van der Waals surface area contributed by atoms with Crippen molar-refractivity contribution in [1.82, 2.24) is 0 Å². The Hall–Kier alpha value is -7.86. The van der Waals surface area contributed by atoms with Crippen molar-refractivity contribution in [2.45, 2.75) is 24.4 Å². The molecule has 0 bridgehead atoms. The number of fused-ring (bicyclic) bond motifs is 5. The van der Waals surface area contributed by atoms with Crippen molar-refractivity contribution >= 4 is 53.9 Å². The predicted octanol–water partition coefficient (Wildman–Crippen LogP) is 13.5. The lowest BCUT2D eigenvalue weighted by Crippen LogP contribution is -2.05. The fraction of sp³-hybridized carbons (Fsp3) is 0.194. The highest BCUT2D eigenvalue weighted by Gasteiger charge is 2.27. The maximum absolute atomic E-state index is 6.68. The van der Waals surface area contributed by atoms with Crippen molar-refractivity contribution in [2.75, 3.05) is 52.9 Å². The second-order valence-corrected chi connectivity index (χ2v) is 19.0. The van der Waals surface area contributed by atoms with Crippen LogP contribution in [0.1, 0.15) is 0 Å². The molecule has 10 aromatic rings. The first kappa shape index (κ1) is 43.0. The molecule has 4 fully saturated rings. The van der Waals surface area contributed by atoms with Crippen LogP contribution in [0.15, 0.2) is 170 Å². The fourth-order valence-electron chi connectivity index (χ4n) is 9.46. The Morgan fingerprint density at radius 2 is 0.597 bits per heavy atom. The largest absolute Gasteiger partial charge is 0.491 e. The van der Waals surface area contributed by atoms with Gasteiger partial charge < -0.3 is 47.4 Å². The first-order valence-electron chi connectivity index (χ1n) is 24.6. The number of benzene rings is 10. The third-order valence-corrected chi connectivity index (χ3v) is 13.7. The van der Waals surface area contributed by atoms with Gasteiger partial charge >= 0.3 is 0 Å². The third kappa shape index (κ3) is 9.29. The monoisotopic (exact) mass is 952 g/mol. The molecule has 0 amide bonds. The first-order valence-corrected chi connectivity index (χ1v) is 24.6. The summed E-state index contributed by atoms with van der Waals surface area (Å²) < 4.78 is 60.2. The van der Waals surface area contributed by atoms with Gasteiger partial charge in [0.1, 0.15) is 96.8 Å². The lowest BCUT2D eigenvalue weighted by Gasteiger charge is -2.17. The van der Waals surface area contributed by atoms with Crippen molar-refractivity contribution in [2.24, 2.45) is 0 Å². The molecule has 10 nitrogen and oxygen atoms in total. The summed E-state index contributed by atoms with van der Waals surface area (Å²) in [5, 5.41) is 10.6. The van der Waals surface area contributed by atoms with Gasteiger partial charge in [-0.2, -0.15) is 0 Å². The van der Waals surface area contributed by atoms with Gasteiger partial charge in [-0.15, -0.1) is 0 Å². The van der Waals surface area contributed by atoms with E-state index in [0.29, 0.717) is 62.6 Å². The number of ether oxygens (including phenoxy) is 10. The molecular weight excluding hydrogens is 905 g/mol. The molecule has 356 valence electrons. The van der Waals surface area contributed by atoms with Gasteiger partial charge in [0, 0.05) is 11.1 Å². The standard InChI is InChI=1S/C62H48O10/c1-3-42(21-44-23-47(13-5-37(1)44)63-29-53-31-65-53)61-57-27-51(17-9-40(57)11-19-59(61)69-35-55-33-67-55)71-49-15-7-39-8-16-50(26-46(39)25-49)72-52-18-10-41-12-20-60(70-36-56-34-68-56)62(58(41)28-52)43-4-2-38-6-14-48(24-45(38)22-43)64-30-54-32-66-54/h1-28,53-56H,29-36H2. The lowest BCUT2D eigenvalue weighted by molar-refractivity contribution is 0.263. The summed E-state index contributed by atoms with van der Waals surface area (Å²) in [7, 11) is 0. The van der Waals surface area contributed by atoms with Gasteiger partial charge in [0.2, 0.25) is 0 Å². The van der Waals surface area contributed by atoms with E-state index in [4.69, 9.17) is 47.4 Å². The second-order valence-electron chi connectivity index (χ2n) is 19.0. The van der Waals surface area contributed by atoms with Gasteiger partial charge in [-0.1, -0.05) is 72.8 Å². The van der Waals surface area contributed by atoms with Crippen molar-refractivity contribution in [1.29, 1.82) is 0 Å². The molecule has 0 aromatic heterocycles. The molecule has 4 heterocycles. The molecule has 0 aliphatic carbocycles. The maximum Gasteiger partial charge on any atom is 0.128 e. The molecule has 0 radical (unpaired) electrons. The quantitative estimate of drug-likeness (QED) is 0.0772. The maximum atomic E-state index is 6.68. The zero-order valence-electron chi connectivity index (χ0n) is 39.2. The molecule has 72 heavy (non-hydrogen) atoms. The van der Waals surface area contributed by atoms with Crippen LogP contribution in [0.5, 0.6) is 46.0 Å². The SMILES string of the molecule is c1cc2ccc(-c3c(OCC4CO4)ccc4ccc(Oc5ccc6ccc(Oc7ccc8ccc(OCC9CO9)c(-c9ccc%10ccc(OCC%11CO%11)cc%10c9)c8c7)cc6c5)cc34)cc2cc1OCC1CO1. The van der Waals surface area contributed by atoms with Crippen LogP contribution in [0.4, 0.5) is 0 Å². The number of hydrogen-bond acceptors (Lipinski definition) is 10.